The van der Waals surface area contributed by atoms with E-state index in [-0.39, 0.29) is 5.28 Å². The zero-order chi connectivity index (χ0) is 19.4. The number of aromatic nitrogens is 3. The van der Waals surface area contributed by atoms with Crippen molar-refractivity contribution in [2.24, 2.45) is 0 Å². The zero-order valence-corrected chi connectivity index (χ0v) is 17.4. The van der Waals surface area contributed by atoms with Gasteiger partial charge in [-0.1, -0.05) is 54.6 Å². The second-order valence-corrected chi connectivity index (χ2v) is 9.08. The number of rotatable bonds is 2. The average molecular weight is 430 g/mol. The Balaban J connectivity index is 1.51. The smallest absolute Gasteiger partial charge is 0.224 e. The minimum atomic E-state index is 0.273. The van der Waals surface area contributed by atoms with Crippen LogP contribution in [-0.4, -0.2) is 15.0 Å². The predicted molar refractivity (Wildman–Crippen MR) is 124 cm³/mol. The molecule has 29 heavy (non-hydrogen) atoms. The summed E-state index contributed by atoms with van der Waals surface area (Å²) in [6.45, 7) is 0. The van der Waals surface area contributed by atoms with E-state index in [1.54, 1.807) is 22.7 Å². The summed E-state index contributed by atoms with van der Waals surface area (Å²) in [5.41, 5.74) is 4.02. The Kier molecular flexibility index (Phi) is 3.87. The lowest BCUT2D eigenvalue weighted by molar-refractivity contribution is 1.24. The highest BCUT2D eigenvalue weighted by Crippen LogP contribution is 2.39. The molecule has 0 aliphatic carbocycles. The molecule has 3 aromatic heterocycles. The maximum atomic E-state index is 6.25. The normalized spacial score (nSPS) is 11.6. The molecule has 3 heterocycles. The van der Waals surface area contributed by atoms with Crippen LogP contribution in [-0.2, 0) is 0 Å². The van der Waals surface area contributed by atoms with E-state index in [9.17, 15) is 0 Å². The van der Waals surface area contributed by atoms with Crippen LogP contribution in [0.25, 0.3) is 52.3 Å². The molecule has 6 aromatic rings. The van der Waals surface area contributed by atoms with Gasteiger partial charge < -0.3 is 0 Å². The van der Waals surface area contributed by atoms with Crippen molar-refractivity contribution in [3.63, 3.8) is 0 Å². The van der Waals surface area contributed by atoms with Crippen LogP contribution in [0.15, 0.2) is 72.8 Å². The van der Waals surface area contributed by atoms with Gasteiger partial charge in [-0.2, -0.15) is 0 Å². The maximum absolute atomic E-state index is 6.25. The summed E-state index contributed by atoms with van der Waals surface area (Å²) in [6.07, 6.45) is 0. The third-order valence-corrected chi connectivity index (χ3v) is 7.23. The largest absolute Gasteiger partial charge is 0.236 e. The molecule has 3 nitrogen and oxygen atoms in total. The second kappa shape index (κ2) is 6.59. The molecule has 0 amide bonds. The molecule has 3 aromatic carbocycles. The van der Waals surface area contributed by atoms with E-state index < -0.39 is 0 Å². The van der Waals surface area contributed by atoms with E-state index in [0.717, 1.165) is 42.9 Å². The van der Waals surface area contributed by atoms with E-state index in [1.807, 2.05) is 30.3 Å². The Bertz CT molecular complexity index is 1480. The molecular formula is C23H12ClN3S2. The molecule has 0 fully saturated rings. The third kappa shape index (κ3) is 2.82. The van der Waals surface area contributed by atoms with Crippen LogP contribution in [0.2, 0.25) is 5.28 Å². The monoisotopic (exact) mass is 429 g/mol. The number of halogens is 1. The number of nitrogens with zero attached hydrogens (tertiary/aromatic N) is 3. The Labute approximate surface area is 179 Å². The van der Waals surface area contributed by atoms with Crippen molar-refractivity contribution in [3.05, 3.63) is 78.1 Å². The van der Waals surface area contributed by atoms with Gasteiger partial charge in [0, 0.05) is 26.6 Å². The molecule has 0 saturated carbocycles. The van der Waals surface area contributed by atoms with Crippen LogP contribution >= 0.6 is 34.3 Å². The lowest BCUT2D eigenvalue weighted by Crippen LogP contribution is -1.89. The molecule has 0 spiro atoms. The highest BCUT2D eigenvalue weighted by atomic mass is 35.5. The second-order valence-electron chi connectivity index (χ2n) is 6.68. The zero-order valence-electron chi connectivity index (χ0n) is 15.0. The summed E-state index contributed by atoms with van der Waals surface area (Å²) >= 11 is 9.60. The molecule has 138 valence electrons. The van der Waals surface area contributed by atoms with Gasteiger partial charge in [0.2, 0.25) is 5.28 Å². The number of benzene rings is 3. The molecule has 0 unspecified atom stereocenters. The molecule has 0 radical (unpaired) electrons. The van der Waals surface area contributed by atoms with Crippen molar-refractivity contribution >= 4 is 64.8 Å². The average Bonchev–Trinajstić information content (AvgIpc) is 3.34. The first kappa shape index (κ1) is 17.0. The fourth-order valence-electron chi connectivity index (χ4n) is 3.57. The lowest BCUT2D eigenvalue weighted by Gasteiger charge is -2.05. The Morgan fingerprint density at radius 1 is 0.655 bits per heavy atom. The van der Waals surface area contributed by atoms with Crippen LogP contribution < -0.4 is 0 Å². The standard InChI is InChI=1S/C23H12ClN3S2/c24-23-26-20(19-15-5-1-3-7-17(15)28-22(19)27-23)13-9-11-14(12-10-13)21-25-16-6-2-4-8-18(16)29-21/h1-12H. The van der Waals surface area contributed by atoms with Crippen molar-refractivity contribution < 1.29 is 0 Å². The fraction of sp³-hybridized carbons (Fsp3) is 0. The highest BCUT2D eigenvalue weighted by Gasteiger charge is 2.15. The SMILES string of the molecule is Clc1nc(-c2ccc(-c3nc4ccccc4s3)cc2)c2c(n1)sc1ccccc12. The van der Waals surface area contributed by atoms with Gasteiger partial charge in [-0.3, -0.25) is 0 Å². The predicted octanol–water partition coefficient (Wildman–Crippen LogP) is 7.44. The first-order valence-electron chi connectivity index (χ1n) is 9.07. The molecular weight excluding hydrogens is 418 g/mol. The molecule has 6 heteroatoms. The third-order valence-electron chi connectivity index (χ3n) is 4.91. The number of fused-ring (bicyclic) bond motifs is 4. The van der Waals surface area contributed by atoms with E-state index in [0.29, 0.717) is 0 Å². The minimum absolute atomic E-state index is 0.273. The molecule has 6 rings (SSSR count). The number of hydrogen-bond donors (Lipinski definition) is 0. The van der Waals surface area contributed by atoms with Gasteiger partial charge in [0.05, 0.1) is 15.9 Å². The summed E-state index contributed by atoms with van der Waals surface area (Å²) in [6, 6.07) is 24.9. The first-order chi connectivity index (χ1) is 14.3. The van der Waals surface area contributed by atoms with Gasteiger partial charge in [-0.15, -0.1) is 22.7 Å². The van der Waals surface area contributed by atoms with Gasteiger partial charge in [-0.05, 0) is 29.8 Å². The number of thiazole rings is 1. The van der Waals surface area contributed by atoms with E-state index in [4.69, 9.17) is 16.6 Å². The van der Waals surface area contributed by atoms with Crippen molar-refractivity contribution in [2.75, 3.05) is 0 Å². The fourth-order valence-corrected chi connectivity index (χ4v) is 5.84. The van der Waals surface area contributed by atoms with Gasteiger partial charge in [0.25, 0.3) is 0 Å². The van der Waals surface area contributed by atoms with Crippen molar-refractivity contribution in [3.8, 4) is 21.8 Å². The molecule has 0 N–H and O–H groups in total. The molecule has 0 aliphatic heterocycles. The summed E-state index contributed by atoms with van der Waals surface area (Å²) < 4.78 is 2.38. The van der Waals surface area contributed by atoms with Gasteiger partial charge >= 0.3 is 0 Å². The summed E-state index contributed by atoms with van der Waals surface area (Å²) in [4.78, 5) is 14.7. The van der Waals surface area contributed by atoms with Crippen LogP contribution in [0.3, 0.4) is 0 Å². The van der Waals surface area contributed by atoms with E-state index in [2.05, 4.69) is 52.4 Å². The van der Waals surface area contributed by atoms with E-state index in [1.165, 1.54) is 9.40 Å². The van der Waals surface area contributed by atoms with Gasteiger partial charge in [-0.25, -0.2) is 15.0 Å². The summed E-state index contributed by atoms with van der Waals surface area (Å²) in [5, 5.41) is 3.51. The molecule has 0 atom stereocenters. The molecule has 0 aliphatic rings. The van der Waals surface area contributed by atoms with Crippen LogP contribution in [0.5, 0.6) is 0 Å². The Hall–Kier alpha value is -2.86. The van der Waals surface area contributed by atoms with Gasteiger partial charge in [0.1, 0.15) is 9.84 Å². The quantitative estimate of drug-likeness (QED) is 0.268. The summed E-state index contributed by atoms with van der Waals surface area (Å²) in [7, 11) is 0. The Morgan fingerprint density at radius 3 is 2.21 bits per heavy atom. The van der Waals surface area contributed by atoms with E-state index >= 15 is 0 Å². The molecule has 0 saturated heterocycles. The van der Waals surface area contributed by atoms with Crippen molar-refractivity contribution in [1.82, 2.24) is 15.0 Å². The van der Waals surface area contributed by atoms with Crippen molar-refractivity contribution in [2.45, 2.75) is 0 Å². The minimum Gasteiger partial charge on any atom is -0.236 e. The van der Waals surface area contributed by atoms with Gasteiger partial charge in [0.15, 0.2) is 0 Å². The maximum Gasteiger partial charge on any atom is 0.224 e. The highest BCUT2D eigenvalue weighted by molar-refractivity contribution is 7.25. The molecule has 0 bridgehead atoms. The summed E-state index contributed by atoms with van der Waals surface area (Å²) in [5.74, 6) is 0. The number of para-hydroxylation sites is 1. The number of thiophene rings is 1. The first-order valence-corrected chi connectivity index (χ1v) is 11.1. The lowest BCUT2D eigenvalue weighted by atomic mass is 10.0. The number of hydrogen-bond acceptors (Lipinski definition) is 5. The topological polar surface area (TPSA) is 38.7 Å². The van der Waals surface area contributed by atoms with Crippen LogP contribution in [0, 0.1) is 0 Å². The van der Waals surface area contributed by atoms with Crippen LogP contribution in [0.4, 0.5) is 0 Å². The van der Waals surface area contributed by atoms with Crippen LogP contribution in [0.1, 0.15) is 0 Å². The van der Waals surface area contributed by atoms with Crippen molar-refractivity contribution in [1.29, 1.82) is 0 Å². The Morgan fingerprint density at radius 2 is 1.38 bits per heavy atom.